The van der Waals surface area contributed by atoms with Crippen molar-refractivity contribution in [3.63, 3.8) is 0 Å². The van der Waals surface area contributed by atoms with Gasteiger partial charge in [0.1, 0.15) is 17.3 Å². The van der Waals surface area contributed by atoms with Crippen molar-refractivity contribution in [1.29, 1.82) is 0 Å². The van der Waals surface area contributed by atoms with E-state index in [4.69, 9.17) is 14.6 Å². The minimum Gasteiger partial charge on any atom is -0.460 e. The molecule has 0 saturated heterocycles. The van der Waals surface area contributed by atoms with Gasteiger partial charge in [0, 0.05) is 12.1 Å². The maximum Gasteiger partial charge on any atom is 0.134 e. The van der Waals surface area contributed by atoms with Crippen LogP contribution >= 0.6 is 0 Å². The van der Waals surface area contributed by atoms with E-state index < -0.39 is 6.10 Å². The standard InChI is InChI=1S/C14H16FNO3/c15-11-3-1-10(2-4-11)14-6-5-13(19-14)8-16-7-12(18)9-17/h1-6,12,16-18H,7-9H2. The van der Waals surface area contributed by atoms with Gasteiger partial charge in [-0.05, 0) is 36.4 Å². The molecule has 4 nitrogen and oxygen atoms in total. The van der Waals surface area contributed by atoms with Crippen LogP contribution in [0, 0.1) is 5.82 Å². The van der Waals surface area contributed by atoms with Gasteiger partial charge in [0.25, 0.3) is 0 Å². The van der Waals surface area contributed by atoms with Crippen LogP contribution in [-0.2, 0) is 6.54 Å². The first-order chi connectivity index (χ1) is 9.19. The van der Waals surface area contributed by atoms with Crippen LogP contribution in [0.5, 0.6) is 0 Å². The minimum absolute atomic E-state index is 0.272. The second-order valence-electron chi connectivity index (χ2n) is 4.24. The second-order valence-corrected chi connectivity index (χ2v) is 4.24. The van der Waals surface area contributed by atoms with Gasteiger partial charge in [-0.15, -0.1) is 0 Å². The lowest BCUT2D eigenvalue weighted by Gasteiger charge is -2.07. The third-order valence-electron chi connectivity index (χ3n) is 2.68. The molecule has 2 rings (SSSR count). The maximum absolute atomic E-state index is 12.8. The van der Waals surface area contributed by atoms with Crippen molar-refractivity contribution in [2.45, 2.75) is 12.6 Å². The van der Waals surface area contributed by atoms with Crippen LogP contribution in [0.15, 0.2) is 40.8 Å². The number of hydrogen-bond donors (Lipinski definition) is 3. The Bertz CT molecular complexity index is 510. The first-order valence-electron chi connectivity index (χ1n) is 6.03. The van der Waals surface area contributed by atoms with Crippen LogP contribution in [0.1, 0.15) is 5.76 Å². The molecule has 0 bridgehead atoms. The quantitative estimate of drug-likeness (QED) is 0.741. The molecule has 0 radical (unpaired) electrons. The van der Waals surface area contributed by atoms with E-state index in [0.717, 1.165) is 5.56 Å². The van der Waals surface area contributed by atoms with Crippen molar-refractivity contribution in [3.8, 4) is 11.3 Å². The average Bonchev–Trinajstić information content (AvgIpc) is 2.88. The van der Waals surface area contributed by atoms with Gasteiger partial charge in [-0.25, -0.2) is 4.39 Å². The highest BCUT2D eigenvalue weighted by Crippen LogP contribution is 2.22. The van der Waals surface area contributed by atoms with Gasteiger partial charge >= 0.3 is 0 Å². The van der Waals surface area contributed by atoms with E-state index in [2.05, 4.69) is 5.32 Å². The number of furan rings is 1. The summed E-state index contributed by atoms with van der Waals surface area (Å²) in [7, 11) is 0. The van der Waals surface area contributed by atoms with Crippen molar-refractivity contribution in [1.82, 2.24) is 5.32 Å². The topological polar surface area (TPSA) is 65.6 Å². The van der Waals surface area contributed by atoms with E-state index in [0.29, 0.717) is 24.6 Å². The van der Waals surface area contributed by atoms with Crippen LogP contribution in [0.25, 0.3) is 11.3 Å². The number of hydrogen-bond acceptors (Lipinski definition) is 4. The van der Waals surface area contributed by atoms with Gasteiger partial charge in [0.15, 0.2) is 0 Å². The zero-order valence-electron chi connectivity index (χ0n) is 10.3. The summed E-state index contributed by atoms with van der Waals surface area (Å²) in [6, 6.07) is 9.70. The van der Waals surface area contributed by atoms with Crippen LogP contribution in [-0.4, -0.2) is 29.5 Å². The fraction of sp³-hybridized carbons (Fsp3) is 0.286. The van der Waals surface area contributed by atoms with Gasteiger partial charge in [0.05, 0.1) is 19.3 Å². The molecule has 0 aliphatic heterocycles. The van der Waals surface area contributed by atoms with Crippen LogP contribution in [0.3, 0.4) is 0 Å². The molecule has 19 heavy (non-hydrogen) atoms. The SMILES string of the molecule is OCC(O)CNCc1ccc(-c2ccc(F)cc2)o1. The Morgan fingerprint density at radius 3 is 2.58 bits per heavy atom. The molecule has 1 heterocycles. The number of halogens is 1. The summed E-state index contributed by atoms with van der Waals surface area (Å²) in [6.45, 7) is 0.479. The van der Waals surface area contributed by atoms with E-state index >= 15 is 0 Å². The lowest BCUT2D eigenvalue weighted by Crippen LogP contribution is -2.28. The van der Waals surface area contributed by atoms with E-state index in [1.165, 1.54) is 12.1 Å². The van der Waals surface area contributed by atoms with Crippen molar-refractivity contribution in [2.24, 2.45) is 0 Å². The Kier molecular flexibility index (Phi) is 4.68. The van der Waals surface area contributed by atoms with Gasteiger partial charge in [-0.2, -0.15) is 0 Å². The van der Waals surface area contributed by atoms with Crippen molar-refractivity contribution >= 4 is 0 Å². The third-order valence-corrected chi connectivity index (χ3v) is 2.68. The number of aliphatic hydroxyl groups is 2. The van der Waals surface area contributed by atoms with E-state index in [1.807, 2.05) is 12.1 Å². The van der Waals surface area contributed by atoms with Crippen LogP contribution in [0.2, 0.25) is 0 Å². The predicted octanol–water partition coefficient (Wildman–Crippen LogP) is 1.53. The highest BCUT2D eigenvalue weighted by atomic mass is 19.1. The Balaban J connectivity index is 1.93. The Morgan fingerprint density at radius 1 is 1.16 bits per heavy atom. The molecule has 1 atom stereocenters. The smallest absolute Gasteiger partial charge is 0.134 e. The molecule has 0 fully saturated rings. The molecule has 5 heteroatoms. The number of rotatable bonds is 6. The maximum atomic E-state index is 12.8. The lowest BCUT2D eigenvalue weighted by atomic mass is 10.2. The summed E-state index contributed by atoms with van der Waals surface area (Å²) in [5.41, 5.74) is 0.808. The minimum atomic E-state index is -0.772. The summed E-state index contributed by atoms with van der Waals surface area (Å²) in [6.07, 6.45) is -0.772. The van der Waals surface area contributed by atoms with Crippen molar-refractivity contribution in [2.75, 3.05) is 13.2 Å². The highest BCUT2D eigenvalue weighted by Gasteiger charge is 2.06. The van der Waals surface area contributed by atoms with E-state index in [9.17, 15) is 4.39 Å². The van der Waals surface area contributed by atoms with Crippen molar-refractivity contribution < 1.29 is 19.0 Å². The molecule has 2 aromatic rings. The zero-order valence-corrected chi connectivity index (χ0v) is 10.3. The van der Waals surface area contributed by atoms with E-state index in [-0.39, 0.29) is 12.4 Å². The molecule has 1 unspecified atom stereocenters. The number of aliphatic hydroxyl groups excluding tert-OH is 2. The largest absolute Gasteiger partial charge is 0.460 e. The summed E-state index contributed by atoms with van der Waals surface area (Å²) >= 11 is 0. The van der Waals surface area contributed by atoms with E-state index in [1.54, 1.807) is 12.1 Å². The number of benzene rings is 1. The normalized spacial score (nSPS) is 12.6. The summed E-state index contributed by atoms with van der Waals surface area (Å²) in [5.74, 6) is 1.10. The van der Waals surface area contributed by atoms with Gasteiger partial charge < -0.3 is 19.9 Å². The molecule has 0 saturated carbocycles. The van der Waals surface area contributed by atoms with Gasteiger partial charge in [-0.1, -0.05) is 0 Å². The fourth-order valence-electron chi connectivity index (χ4n) is 1.67. The first-order valence-corrected chi connectivity index (χ1v) is 6.03. The fourth-order valence-corrected chi connectivity index (χ4v) is 1.67. The van der Waals surface area contributed by atoms with Crippen molar-refractivity contribution in [3.05, 3.63) is 48.0 Å². The molecule has 0 aliphatic rings. The molecule has 0 amide bonds. The molecule has 1 aromatic heterocycles. The highest BCUT2D eigenvalue weighted by molar-refractivity contribution is 5.57. The summed E-state index contributed by atoms with van der Waals surface area (Å²) in [5, 5.41) is 20.8. The average molecular weight is 265 g/mol. The Labute approximate surface area is 110 Å². The lowest BCUT2D eigenvalue weighted by molar-refractivity contribution is 0.0938. The van der Waals surface area contributed by atoms with Crippen LogP contribution < -0.4 is 5.32 Å². The molecular formula is C14H16FNO3. The second kappa shape index (κ2) is 6.47. The zero-order chi connectivity index (χ0) is 13.7. The molecule has 0 spiro atoms. The molecule has 0 aliphatic carbocycles. The Hall–Kier alpha value is -1.69. The third kappa shape index (κ3) is 3.89. The molecular weight excluding hydrogens is 249 g/mol. The van der Waals surface area contributed by atoms with Gasteiger partial charge in [-0.3, -0.25) is 0 Å². The monoisotopic (exact) mass is 265 g/mol. The number of nitrogens with one attached hydrogen (secondary N) is 1. The molecule has 102 valence electrons. The molecule has 3 N–H and O–H groups in total. The van der Waals surface area contributed by atoms with Gasteiger partial charge in [0.2, 0.25) is 0 Å². The summed E-state index contributed by atoms with van der Waals surface area (Å²) < 4.78 is 18.4. The predicted molar refractivity (Wildman–Crippen MR) is 68.9 cm³/mol. The first kappa shape index (κ1) is 13.7. The van der Waals surface area contributed by atoms with Crippen LogP contribution in [0.4, 0.5) is 4.39 Å². The summed E-state index contributed by atoms with van der Waals surface area (Å²) in [4.78, 5) is 0. The molecule has 1 aromatic carbocycles. The Morgan fingerprint density at radius 2 is 1.89 bits per heavy atom.